The lowest BCUT2D eigenvalue weighted by molar-refractivity contribution is 0.0954. The van der Waals surface area contributed by atoms with Crippen LogP contribution in [0.5, 0.6) is 0 Å². The Balaban J connectivity index is 1.35. The van der Waals surface area contributed by atoms with Crippen LogP contribution in [0.3, 0.4) is 0 Å². The molecule has 2 aliphatic rings. The highest BCUT2D eigenvalue weighted by molar-refractivity contribution is 7.99. The normalized spacial score (nSPS) is 17.6. The number of sulfonamides is 1. The summed E-state index contributed by atoms with van der Waals surface area (Å²) in [6, 6.07) is 6.62. The van der Waals surface area contributed by atoms with Crippen LogP contribution in [0.15, 0.2) is 40.5 Å². The largest absolute Gasteiger partial charge is 0.298 e. The number of rotatable bonds is 5. The van der Waals surface area contributed by atoms with Crippen molar-refractivity contribution in [1.29, 1.82) is 0 Å². The van der Waals surface area contributed by atoms with Crippen LogP contribution in [0.1, 0.15) is 16.8 Å². The van der Waals surface area contributed by atoms with Crippen LogP contribution in [-0.4, -0.2) is 49.2 Å². The van der Waals surface area contributed by atoms with Gasteiger partial charge in [-0.25, -0.2) is 18.1 Å². The van der Waals surface area contributed by atoms with Gasteiger partial charge in [-0.05, 0) is 23.1 Å². The molecule has 3 heterocycles. The Morgan fingerprint density at radius 3 is 2.88 bits per heavy atom. The first-order valence-electron chi connectivity index (χ1n) is 8.23. The molecule has 1 saturated heterocycles. The Hall–Kier alpha value is -1.48. The number of hydrogen-bond donors (Lipinski definition) is 1. The Kier molecular flexibility index (Phi) is 4.53. The molecule has 2 aliphatic heterocycles. The molecule has 0 spiro atoms. The molecule has 0 amide bonds. The number of likely N-dealkylation sites (tertiary alicyclic amines) is 1. The van der Waals surface area contributed by atoms with Crippen LogP contribution in [0.25, 0.3) is 0 Å². The SMILES string of the molecule is CS(=O)(=O)NCC1CN(Cc2ccc3c(c2)Cc2nccnc2S3)C1. The molecule has 0 saturated carbocycles. The van der Waals surface area contributed by atoms with Gasteiger partial charge in [-0.15, -0.1) is 0 Å². The van der Waals surface area contributed by atoms with Crippen LogP contribution < -0.4 is 4.72 Å². The number of aromatic nitrogens is 2. The van der Waals surface area contributed by atoms with E-state index in [1.54, 1.807) is 24.2 Å². The molecule has 0 unspecified atom stereocenters. The highest BCUT2D eigenvalue weighted by atomic mass is 32.2. The number of nitrogens with one attached hydrogen (secondary N) is 1. The summed E-state index contributed by atoms with van der Waals surface area (Å²) in [6.45, 7) is 3.30. The molecule has 1 aromatic carbocycles. The Labute approximate surface area is 152 Å². The molecule has 0 radical (unpaired) electrons. The zero-order chi connectivity index (χ0) is 17.4. The standard InChI is InChI=1S/C17H20N4O2S2/c1-25(22,23)20-8-13-10-21(11-13)9-12-2-3-16-14(6-12)7-15-17(24-16)19-5-4-18-15/h2-6,13,20H,7-11H2,1H3. The molecule has 132 valence electrons. The first-order valence-corrected chi connectivity index (χ1v) is 10.9. The number of hydrogen-bond acceptors (Lipinski definition) is 6. The summed E-state index contributed by atoms with van der Waals surface area (Å²) in [5.41, 5.74) is 3.65. The molecule has 0 atom stereocenters. The molecule has 1 N–H and O–H groups in total. The van der Waals surface area contributed by atoms with Crippen molar-refractivity contribution in [2.75, 3.05) is 25.9 Å². The van der Waals surface area contributed by atoms with Crippen molar-refractivity contribution < 1.29 is 8.42 Å². The van der Waals surface area contributed by atoms with E-state index in [-0.39, 0.29) is 0 Å². The highest BCUT2D eigenvalue weighted by Gasteiger charge is 2.27. The quantitative estimate of drug-likeness (QED) is 0.728. The van der Waals surface area contributed by atoms with E-state index in [9.17, 15) is 8.42 Å². The van der Waals surface area contributed by atoms with E-state index in [2.05, 4.69) is 37.8 Å². The molecular weight excluding hydrogens is 356 g/mol. The van der Waals surface area contributed by atoms with Crippen molar-refractivity contribution in [2.45, 2.75) is 22.9 Å². The zero-order valence-corrected chi connectivity index (χ0v) is 15.6. The van der Waals surface area contributed by atoms with Crippen LogP contribution in [0.2, 0.25) is 0 Å². The van der Waals surface area contributed by atoms with E-state index < -0.39 is 10.0 Å². The van der Waals surface area contributed by atoms with Crippen molar-refractivity contribution in [3.05, 3.63) is 47.4 Å². The average Bonchev–Trinajstić information content (AvgIpc) is 2.53. The lowest BCUT2D eigenvalue weighted by atomic mass is 9.98. The van der Waals surface area contributed by atoms with Crippen molar-refractivity contribution in [1.82, 2.24) is 19.6 Å². The molecule has 6 nitrogen and oxygen atoms in total. The second-order valence-corrected chi connectivity index (χ2v) is 9.57. The van der Waals surface area contributed by atoms with E-state index in [0.29, 0.717) is 12.5 Å². The van der Waals surface area contributed by atoms with E-state index in [1.807, 2.05) is 0 Å². The van der Waals surface area contributed by atoms with Crippen molar-refractivity contribution in [3.8, 4) is 0 Å². The summed E-state index contributed by atoms with van der Waals surface area (Å²) in [4.78, 5) is 12.4. The fourth-order valence-electron chi connectivity index (χ4n) is 3.28. The van der Waals surface area contributed by atoms with Gasteiger partial charge in [-0.2, -0.15) is 0 Å². The molecule has 0 aliphatic carbocycles. The van der Waals surface area contributed by atoms with Gasteiger partial charge in [0.05, 0.1) is 11.9 Å². The second kappa shape index (κ2) is 6.68. The molecule has 8 heteroatoms. The molecule has 4 rings (SSSR count). The van der Waals surface area contributed by atoms with Gasteiger partial charge in [-0.3, -0.25) is 9.88 Å². The maximum atomic E-state index is 11.1. The highest BCUT2D eigenvalue weighted by Crippen LogP contribution is 2.37. The molecule has 1 fully saturated rings. The second-order valence-electron chi connectivity index (χ2n) is 6.71. The molecule has 25 heavy (non-hydrogen) atoms. The minimum absolute atomic E-state index is 0.407. The van der Waals surface area contributed by atoms with E-state index in [4.69, 9.17) is 0 Å². The Bertz CT molecular complexity index is 895. The fraction of sp³-hybridized carbons (Fsp3) is 0.412. The molecule has 0 bridgehead atoms. The van der Waals surface area contributed by atoms with Crippen molar-refractivity contribution in [2.24, 2.45) is 5.92 Å². The van der Waals surface area contributed by atoms with Gasteiger partial charge < -0.3 is 0 Å². The van der Waals surface area contributed by atoms with Gasteiger partial charge >= 0.3 is 0 Å². The summed E-state index contributed by atoms with van der Waals surface area (Å²) in [7, 11) is -3.09. The maximum Gasteiger partial charge on any atom is 0.208 e. The smallest absolute Gasteiger partial charge is 0.208 e. The summed E-state index contributed by atoms with van der Waals surface area (Å²) in [5.74, 6) is 0.407. The van der Waals surface area contributed by atoms with Gasteiger partial charge in [0.2, 0.25) is 10.0 Å². The predicted molar refractivity (Wildman–Crippen MR) is 97.0 cm³/mol. The number of benzene rings is 1. The van der Waals surface area contributed by atoms with Gasteiger partial charge in [0.25, 0.3) is 0 Å². The maximum absolute atomic E-state index is 11.1. The minimum atomic E-state index is -3.09. The van der Waals surface area contributed by atoms with Gasteiger partial charge in [0, 0.05) is 49.9 Å². The van der Waals surface area contributed by atoms with Crippen molar-refractivity contribution in [3.63, 3.8) is 0 Å². The van der Waals surface area contributed by atoms with Crippen LogP contribution in [0, 0.1) is 5.92 Å². The zero-order valence-electron chi connectivity index (χ0n) is 14.0. The minimum Gasteiger partial charge on any atom is -0.298 e. The van der Waals surface area contributed by atoms with Crippen LogP contribution in [0.4, 0.5) is 0 Å². The van der Waals surface area contributed by atoms with E-state index >= 15 is 0 Å². The average molecular weight is 377 g/mol. The molecular formula is C17H20N4O2S2. The van der Waals surface area contributed by atoms with Crippen molar-refractivity contribution >= 4 is 21.8 Å². The van der Waals surface area contributed by atoms with Crippen LogP contribution in [-0.2, 0) is 23.0 Å². The summed E-state index contributed by atoms with van der Waals surface area (Å²) in [6.07, 6.45) is 5.53. The number of nitrogens with zero attached hydrogens (tertiary/aromatic N) is 3. The molecule has 2 aromatic rings. The van der Waals surface area contributed by atoms with Gasteiger partial charge in [-0.1, -0.05) is 23.9 Å². The van der Waals surface area contributed by atoms with Gasteiger partial charge in [0.1, 0.15) is 5.03 Å². The third-order valence-corrected chi connectivity index (χ3v) is 6.34. The lowest BCUT2D eigenvalue weighted by Gasteiger charge is -2.39. The predicted octanol–water partition coefficient (Wildman–Crippen LogP) is 1.51. The summed E-state index contributed by atoms with van der Waals surface area (Å²) < 4.78 is 24.9. The fourth-order valence-corrected chi connectivity index (χ4v) is 4.78. The summed E-state index contributed by atoms with van der Waals surface area (Å²) in [5, 5.41) is 1.01. The van der Waals surface area contributed by atoms with E-state index in [1.165, 1.54) is 22.3 Å². The Morgan fingerprint density at radius 1 is 1.28 bits per heavy atom. The van der Waals surface area contributed by atoms with Gasteiger partial charge in [0.15, 0.2) is 0 Å². The van der Waals surface area contributed by atoms with Crippen LogP contribution >= 0.6 is 11.8 Å². The first-order chi connectivity index (χ1) is 12.0. The monoisotopic (exact) mass is 376 g/mol. The number of fused-ring (bicyclic) bond motifs is 2. The lowest BCUT2D eigenvalue weighted by Crippen LogP contribution is -2.50. The molecule has 1 aromatic heterocycles. The van der Waals surface area contributed by atoms with E-state index in [0.717, 1.165) is 36.8 Å². The topological polar surface area (TPSA) is 75.2 Å². The summed E-state index contributed by atoms with van der Waals surface area (Å²) >= 11 is 1.69. The Morgan fingerprint density at radius 2 is 2.08 bits per heavy atom. The third kappa shape index (κ3) is 4.03. The first kappa shape index (κ1) is 17.0. The third-order valence-electron chi connectivity index (χ3n) is 4.50.